The summed E-state index contributed by atoms with van der Waals surface area (Å²) < 4.78 is 12.1. The van der Waals surface area contributed by atoms with Crippen LogP contribution in [0.5, 0.6) is 5.75 Å². The van der Waals surface area contributed by atoms with Gasteiger partial charge < -0.3 is 30.1 Å². The molecule has 0 saturated carbocycles. The van der Waals surface area contributed by atoms with E-state index in [9.17, 15) is 19.5 Å². The summed E-state index contributed by atoms with van der Waals surface area (Å²) in [5.41, 5.74) is 2.54. The van der Waals surface area contributed by atoms with Crippen molar-refractivity contribution in [1.29, 1.82) is 0 Å². The molecule has 224 valence electrons. The van der Waals surface area contributed by atoms with Crippen molar-refractivity contribution in [1.82, 2.24) is 4.90 Å². The number of para-hydroxylation sites is 1. The Kier molecular flexibility index (Phi) is 7.70. The Balaban J connectivity index is 1.37. The Labute approximate surface area is 251 Å². The summed E-state index contributed by atoms with van der Waals surface area (Å²) >= 11 is 0. The zero-order chi connectivity index (χ0) is 30.3. The van der Waals surface area contributed by atoms with Gasteiger partial charge in [0.1, 0.15) is 17.4 Å². The zero-order valence-electron chi connectivity index (χ0n) is 24.6. The van der Waals surface area contributed by atoms with E-state index in [0.717, 1.165) is 11.1 Å². The Morgan fingerprint density at radius 2 is 1.70 bits per heavy atom. The zero-order valence-corrected chi connectivity index (χ0v) is 24.6. The molecule has 3 heterocycles. The number of benzene rings is 3. The molecule has 0 radical (unpaired) electrons. The first-order valence-corrected chi connectivity index (χ1v) is 14.9. The molecule has 2 unspecified atom stereocenters. The second-order valence-electron chi connectivity index (χ2n) is 11.6. The number of amides is 3. The SMILES string of the molecule is CCOc1ccc(NC(=O)[C@@H]2[C@H]3C(=O)N([C@H](CO)c4ccccc4)C(C(=O)Nc4c(C)cccc4C)C34CC[C@H]2O4)cc1. The Morgan fingerprint density at radius 1 is 1.00 bits per heavy atom. The van der Waals surface area contributed by atoms with Crippen LogP contribution in [0.15, 0.2) is 72.8 Å². The molecule has 3 aromatic carbocycles. The topological polar surface area (TPSA) is 117 Å². The first kappa shape index (κ1) is 28.9. The van der Waals surface area contributed by atoms with Gasteiger partial charge in [0.05, 0.1) is 37.2 Å². The third kappa shape index (κ3) is 4.86. The molecular weight excluding hydrogens is 546 g/mol. The fourth-order valence-corrected chi connectivity index (χ4v) is 7.29. The van der Waals surface area contributed by atoms with Crippen molar-refractivity contribution in [3.63, 3.8) is 0 Å². The van der Waals surface area contributed by atoms with Gasteiger partial charge in [0.15, 0.2) is 0 Å². The number of carbonyl (C=O) groups is 3. The molecule has 3 aromatic rings. The predicted octanol–water partition coefficient (Wildman–Crippen LogP) is 4.39. The maximum Gasteiger partial charge on any atom is 0.250 e. The number of carbonyl (C=O) groups excluding carboxylic acids is 3. The minimum absolute atomic E-state index is 0.329. The number of fused-ring (bicyclic) bond motifs is 1. The fraction of sp³-hybridized carbons (Fsp3) is 0.382. The lowest BCUT2D eigenvalue weighted by Crippen LogP contribution is -2.54. The molecule has 6 atom stereocenters. The summed E-state index contributed by atoms with van der Waals surface area (Å²) in [4.78, 5) is 44.1. The maximum absolute atomic E-state index is 14.5. The smallest absolute Gasteiger partial charge is 0.250 e. The van der Waals surface area contributed by atoms with Gasteiger partial charge in [0.2, 0.25) is 17.7 Å². The second-order valence-corrected chi connectivity index (χ2v) is 11.6. The third-order valence-corrected chi connectivity index (χ3v) is 9.14. The molecule has 3 N–H and O–H groups in total. The van der Waals surface area contributed by atoms with Gasteiger partial charge >= 0.3 is 0 Å². The highest BCUT2D eigenvalue weighted by molar-refractivity contribution is 6.05. The predicted molar refractivity (Wildman–Crippen MR) is 162 cm³/mol. The molecule has 6 rings (SSSR count). The summed E-state index contributed by atoms with van der Waals surface area (Å²) in [6.07, 6.45) is 0.495. The van der Waals surface area contributed by atoms with E-state index in [0.29, 0.717) is 42.1 Å². The van der Waals surface area contributed by atoms with Crippen molar-refractivity contribution >= 4 is 29.1 Å². The summed E-state index contributed by atoms with van der Waals surface area (Å²) in [6, 6.07) is 20.2. The van der Waals surface area contributed by atoms with Gasteiger partial charge in [-0.3, -0.25) is 14.4 Å². The number of nitrogens with one attached hydrogen (secondary N) is 2. The molecule has 3 aliphatic rings. The first-order chi connectivity index (χ1) is 20.8. The normalized spacial score (nSPS) is 26.2. The third-order valence-electron chi connectivity index (χ3n) is 9.14. The number of likely N-dealkylation sites (tertiary alicyclic amines) is 1. The number of hydrogen-bond donors (Lipinski definition) is 3. The van der Waals surface area contributed by atoms with Crippen molar-refractivity contribution in [2.24, 2.45) is 11.8 Å². The lowest BCUT2D eigenvalue weighted by molar-refractivity contribution is -0.143. The highest BCUT2D eigenvalue weighted by Crippen LogP contribution is 2.60. The molecule has 3 fully saturated rings. The lowest BCUT2D eigenvalue weighted by atomic mass is 9.70. The van der Waals surface area contributed by atoms with Crippen molar-refractivity contribution in [2.75, 3.05) is 23.8 Å². The van der Waals surface area contributed by atoms with Crippen LogP contribution in [0.25, 0.3) is 0 Å². The molecule has 9 heteroatoms. The minimum atomic E-state index is -1.20. The summed E-state index contributed by atoms with van der Waals surface area (Å²) in [5, 5.41) is 16.7. The van der Waals surface area contributed by atoms with Gasteiger partial charge in [-0.25, -0.2) is 0 Å². The molecule has 0 aromatic heterocycles. The van der Waals surface area contributed by atoms with Crippen molar-refractivity contribution < 1.29 is 29.0 Å². The van der Waals surface area contributed by atoms with Crippen LogP contribution in [0.1, 0.15) is 42.5 Å². The molecule has 3 saturated heterocycles. The molecule has 9 nitrogen and oxygen atoms in total. The number of anilines is 2. The van der Waals surface area contributed by atoms with Crippen LogP contribution in [0.2, 0.25) is 0 Å². The number of hydrogen-bond acceptors (Lipinski definition) is 6. The molecule has 3 amide bonds. The number of nitrogens with zero attached hydrogens (tertiary/aromatic N) is 1. The van der Waals surface area contributed by atoms with E-state index in [-0.39, 0.29) is 11.8 Å². The van der Waals surface area contributed by atoms with Crippen LogP contribution in [0, 0.1) is 25.7 Å². The number of aryl methyl sites for hydroxylation is 2. The lowest BCUT2D eigenvalue weighted by Gasteiger charge is -2.37. The quantitative estimate of drug-likeness (QED) is 0.344. The molecule has 0 aliphatic carbocycles. The fourth-order valence-electron chi connectivity index (χ4n) is 7.29. The summed E-state index contributed by atoms with van der Waals surface area (Å²) in [6.45, 7) is 5.88. The van der Waals surface area contributed by atoms with Crippen LogP contribution < -0.4 is 15.4 Å². The van der Waals surface area contributed by atoms with E-state index in [4.69, 9.17) is 9.47 Å². The van der Waals surface area contributed by atoms with Crippen molar-refractivity contribution in [3.05, 3.63) is 89.5 Å². The highest BCUT2D eigenvalue weighted by Gasteiger charge is 2.75. The number of rotatable bonds is 9. The molecule has 2 bridgehead atoms. The molecule has 43 heavy (non-hydrogen) atoms. The Bertz CT molecular complexity index is 1510. The van der Waals surface area contributed by atoms with Gasteiger partial charge in [-0.2, -0.15) is 0 Å². The van der Waals surface area contributed by atoms with E-state index in [1.54, 1.807) is 24.3 Å². The molecule has 3 aliphatic heterocycles. The van der Waals surface area contributed by atoms with Crippen LogP contribution >= 0.6 is 0 Å². The first-order valence-electron chi connectivity index (χ1n) is 14.9. The van der Waals surface area contributed by atoms with Gasteiger partial charge in [-0.15, -0.1) is 0 Å². The number of aliphatic hydroxyl groups is 1. The van der Waals surface area contributed by atoms with Crippen molar-refractivity contribution in [2.45, 2.75) is 57.4 Å². The highest BCUT2D eigenvalue weighted by atomic mass is 16.5. The van der Waals surface area contributed by atoms with Gasteiger partial charge in [0, 0.05) is 11.4 Å². The Morgan fingerprint density at radius 3 is 2.35 bits per heavy atom. The standard InChI is InChI=1S/C34H37N3O6/c1-4-42-24-15-13-23(14-16-24)35-31(39)27-26-17-18-34(43-26)28(27)33(41)37(25(19-38)22-11-6-5-7-12-22)30(34)32(40)36-29-20(2)9-8-10-21(29)3/h5-16,25-28,30,38H,4,17-19H2,1-3H3,(H,35,39)(H,36,40)/t25-,26-,27+,28+,30?,34?/m1/s1. The van der Waals surface area contributed by atoms with E-state index in [1.165, 1.54) is 4.90 Å². The van der Waals surface area contributed by atoms with Gasteiger partial charge in [-0.05, 0) is 74.6 Å². The maximum atomic E-state index is 14.5. The summed E-state index contributed by atoms with van der Waals surface area (Å²) in [7, 11) is 0. The van der Waals surface area contributed by atoms with Crippen LogP contribution in [-0.4, -0.2) is 58.7 Å². The van der Waals surface area contributed by atoms with Crippen molar-refractivity contribution in [3.8, 4) is 5.75 Å². The van der Waals surface area contributed by atoms with E-state index in [1.807, 2.05) is 69.3 Å². The monoisotopic (exact) mass is 583 g/mol. The number of ether oxygens (including phenoxy) is 2. The van der Waals surface area contributed by atoms with Crippen LogP contribution in [-0.2, 0) is 19.1 Å². The largest absolute Gasteiger partial charge is 0.494 e. The van der Waals surface area contributed by atoms with E-state index >= 15 is 0 Å². The summed E-state index contributed by atoms with van der Waals surface area (Å²) in [5.74, 6) is -2.05. The average Bonchev–Trinajstić information content (AvgIpc) is 3.65. The van der Waals surface area contributed by atoms with Gasteiger partial charge in [0.25, 0.3) is 0 Å². The second kappa shape index (κ2) is 11.5. The Hall–Kier alpha value is -4.21. The van der Waals surface area contributed by atoms with Gasteiger partial charge in [-0.1, -0.05) is 48.5 Å². The van der Waals surface area contributed by atoms with Crippen LogP contribution in [0.4, 0.5) is 11.4 Å². The van der Waals surface area contributed by atoms with E-state index < -0.39 is 48.1 Å². The van der Waals surface area contributed by atoms with E-state index in [2.05, 4.69) is 10.6 Å². The minimum Gasteiger partial charge on any atom is -0.494 e. The number of aliphatic hydroxyl groups excluding tert-OH is 1. The average molecular weight is 584 g/mol. The molecular formula is C34H37N3O6. The van der Waals surface area contributed by atoms with Crippen LogP contribution in [0.3, 0.4) is 0 Å². The molecule has 1 spiro atoms.